The van der Waals surface area contributed by atoms with Crippen LogP contribution in [-0.2, 0) is 9.59 Å². The molecule has 6 nitrogen and oxygen atoms in total. The minimum atomic E-state index is -0.445. The number of benzene rings is 1. The third kappa shape index (κ3) is 3.59. The third-order valence-corrected chi connectivity index (χ3v) is 3.47. The van der Waals surface area contributed by atoms with E-state index in [1.54, 1.807) is 24.3 Å². The largest absolute Gasteiger partial charge is 0.353 e. The molecule has 6 heteroatoms. The van der Waals surface area contributed by atoms with Crippen LogP contribution in [0.4, 0.5) is 0 Å². The van der Waals surface area contributed by atoms with Crippen molar-refractivity contribution in [1.29, 1.82) is 0 Å². The second-order valence-corrected chi connectivity index (χ2v) is 4.85. The molecule has 2 N–H and O–H groups in total. The fourth-order valence-electron chi connectivity index (χ4n) is 2.37. The average molecular weight is 289 g/mol. The molecule has 1 aromatic carbocycles. The summed E-state index contributed by atoms with van der Waals surface area (Å²) in [5, 5.41) is 5.33. The fraction of sp³-hybridized carbons (Fsp3) is 0.400. The van der Waals surface area contributed by atoms with Crippen molar-refractivity contribution < 1.29 is 14.4 Å². The first-order valence-electron chi connectivity index (χ1n) is 7.04. The Bertz CT molecular complexity index is 530. The van der Waals surface area contributed by atoms with Crippen molar-refractivity contribution in [2.75, 3.05) is 19.6 Å². The van der Waals surface area contributed by atoms with Crippen molar-refractivity contribution in [2.45, 2.75) is 19.4 Å². The highest BCUT2D eigenvalue weighted by molar-refractivity contribution is 5.97. The van der Waals surface area contributed by atoms with Crippen molar-refractivity contribution in [2.24, 2.45) is 0 Å². The third-order valence-electron chi connectivity index (χ3n) is 3.47. The first-order valence-corrected chi connectivity index (χ1v) is 7.04. The van der Waals surface area contributed by atoms with Gasteiger partial charge in [-0.1, -0.05) is 25.1 Å². The standard InChI is InChI=1S/C15H19N3O3/c1-2-12-15(21)16-8-9-18(12)13(19)10-17-14(20)11-6-4-3-5-7-11/h3-7,12H,2,8-10H2,1H3,(H,16,21)(H,17,20). The second kappa shape index (κ2) is 6.88. The molecule has 1 aliphatic rings. The number of amides is 3. The van der Waals surface area contributed by atoms with Crippen molar-refractivity contribution in [3.05, 3.63) is 35.9 Å². The Morgan fingerprint density at radius 1 is 1.33 bits per heavy atom. The van der Waals surface area contributed by atoms with E-state index in [2.05, 4.69) is 10.6 Å². The lowest BCUT2D eigenvalue weighted by molar-refractivity contribution is -0.142. The summed E-state index contributed by atoms with van der Waals surface area (Å²) < 4.78 is 0. The molecule has 0 aliphatic carbocycles. The monoisotopic (exact) mass is 289 g/mol. The Labute approximate surface area is 123 Å². The molecule has 0 aromatic heterocycles. The number of carbonyl (C=O) groups excluding carboxylic acids is 3. The van der Waals surface area contributed by atoms with Crippen LogP contribution in [0.2, 0.25) is 0 Å². The van der Waals surface area contributed by atoms with Gasteiger partial charge in [0.05, 0.1) is 6.54 Å². The summed E-state index contributed by atoms with van der Waals surface area (Å²) in [5.41, 5.74) is 0.508. The maximum absolute atomic E-state index is 12.2. The van der Waals surface area contributed by atoms with E-state index in [9.17, 15) is 14.4 Å². The lowest BCUT2D eigenvalue weighted by atomic mass is 10.1. The van der Waals surface area contributed by atoms with Crippen LogP contribution in [-0.4, -0.2) is 48.3 Å². The molecule has 0 bridgehead atoms. The van der Waals surface area contributed by atoms with Gasteiger partial charge in [-0.25, -0.2) is 0 Å². The molecule has 21 heavy (non-hydrogen) atoms. The summed E-state index contributed by atoms with van der Waals surface area (Å²) in [6, 6.07) is 8.27. The Hall–Kier alpha value is -2.37. The van der Waals surface area contributed by atoms with Crippen LogP contribution in [0.3, 0.4) is 0 Å². The van der Waals surface area contributed by atoms with E-state index >= 15 is 0 Å². The highest BCUT2D eigenvalue weighted by Gasteiger charge is 2.31. The Morgan fingerprint density at radius 2 is 2.05 bits per heavy atom. The minimum absolute atomic E-state index is 0.0997. The van der Waals surface area contributed by atoms with Crippen molar-refractivity contribution >= 4 is 17.7 Å². The molecular weight excluding hydrogens is 270 g/mol. The van der Waals surface area contributed by atoms with E-state index in [1.807, 2.05) is 13.0 Å². The van der Waals surface area contributed by atoms with Crippen LogP contribution in [0, 0.1) is 0 Å². The van der Waals surface area contributed by atoms with Gasteiger partial charge < -0.3 is 15.5 Å². The van der Waals surface area contributed by atoms with E-state index < -0.39 is 6.04 Å². The van der Waals surface area contributed by atoms with Gasteiger partial charge in [0, 0.05) is 18.7 Å². The highest BCUT2D eigenvalue weighted by Crippen LogP contribution is 2.08. The first kappa shape index (κ1) is 15.0. The van der Waals surface area contributed by atoms with Gasteiger partial charge in [-0.2, -0.15) is 0 Å². The molecule has 1 aliphatic heterocycles. The summed E-state index contributed by atoms with van der Waals surface area (Å²) >= 11 is 0. The molecule has 1 atom stereocenters. The quantitative estimate of drug-likeness (QED) is 0.828. The van der Waals surface area contributed by atoms with Crippen LogP contribution in [0.25, 0.3) is 0 Å². The lowest BCUT2D eigenvalue weighted by Gasteiger charge is -2.34. The van der Waals surface area contributed by atoms with E-state index in [-0.39, 0.29) is 24.3 Å². The van der Waals surface area contributed by atoms with Crippen LogP contribution in [0.1, 0.15) is 23.7 Å². The van der Waals surface area contributed by atoms with E-state index in [1.165, 1.54) is 4.90 Å². The first-order chi connectivity index (χ1) is 10.1. The number of piperazine rings is 1. The summed E-state index contributed by atoms with van der Waals surface area (Å²) in [7, 11) is 0. The number of carbonyl (C=O) groups is 3. The molecule has 1 fully saturated rings. The van der Waals surface area contributed by atoms with Gasteiger partial charge in [-0.3, -0.25) is 14.4 Å². The van der Waals surface area contributed by atoms with Crippen LogP contribution in [0.5, 0.6) is 0 Å². The Kier molecular flexibility index (Phi) is 4.92. The van der Waals surface area contributed by atoms with Gasteiger partial charge >= 0.3 is 0 Å². The molecule has 1 heterocycles. The molecule has 3 amide bonds. The molecule has 0 saturated carbocycles. The number of hydrogen-bond acceptors (Lipinski definition) is 3. The minimum Gasteiger partial charge on any atom is -0.353 e. The van der Waals surface area contributed by atoms with Crippen molar-refractivity contribution in [1.82, 2.24) is 15.5 Å². The predicted molar refractivity (Wildman–Crippen MR) is 77.6 cm³/mol. The molecule has 0 radical (unpaired) electrons. The van der Waals surface area contributed by atoms with Gasteiger partial charge in [0.15, 0.2) is 0 Å². The smallest absolute Gasteiger partial charge is 0.251 e. The predicted octanol–water partition coefficient (Wildman–Crippen LogP) is 0.153. The zero-order chi connectivity index (χ0) is 15.2. The molecular formula is C15H19N3O3. The van der Waals surface area contributed by atoms with Crippen LogP contribution in [0.15, 0.2) is 30.3 Å². The SMILES string of the molecule is CCC1C(=O)NCCN1C(=O)CNC(=O)c1ccccc1. The highest BCUT2D eigenvalue weighted by atomic mass is 16.2. The summed E-state index contributed by atoms with van der Waals surface area (Å²) in [6.45, 7) is 2.69. The zero-order valence-electron chi connectivity index (χ0n) is 12.0. The lowest BCUT2D eigenvalue weighted by Crippen LogP contribution is -2.58. The summed E-state index contributed by atoms with van der Waals surface area (Å²) in [6.07, 6.45) is 0.560. The average Bonchev–Trinajstić information content (AvgIpc) is 2.52. The number of hydrogen-bond donors (Lipinski definition) is 2. The normalized spacial score (nSPS) is 18.0. The van der Waals surface area contributed by atoms with E-state index in [4.69, 9.17) is 0 Å². The fourth-order valence-corrected chi connectivity index (χ4v) is 2.37. The van der Waals surface area contributed by atoms with Gasteiger partial charge in [-0.05, 0) is 18.6 Å². The van der Waals surface area contributed by atoms with Gasteiger partial charge in [0.25, 0.3) is 5.91 Å². The second-order valence-electron chi connectivity index (χ2n) is 4.85. The summed E-state index contributed by atoms with van der Waals surface area (Å²) in [4.78, 5) is 37.3. The topological polar surface area (TPSA) is 78.5 Å². The van der Waals surface area contributed by atoms with Crippen molar-refractivity contribution in [3.8, 4) is 0 Å². The molecule has 1 aromatic rings. The molecule has 112 valence electrons. The molecule has 1 saturated heterocycles. The van der Waals surface area contributed by atoms with E-state index in [0.29, 0.717) is 25.1 Å². The van der Waals surface area contributed by atoms with Crippen LogP contribution < -0.4 is 10.6 Å². The molecule has 0 spiro atoms. The van der Waals surface area contributed by atoms with Gasteiger partial charge in [0.1, 0.15) is 6.04 Å². The maximum Gasteiger partial charge on any atom is 0.251 e. The molecule has 2 rings (SSSR count). The number of nitrogens with zero attached hydrogens (tertiary/aromatic N) is 1. The maximum atomic E-state index is 12.2. The summed E-state index contributed by atoms with van der Waals surface area (Å²) in [5.74, 6) is -0.661. The number of nitrogens with one attached hydrogen (secondary N) is 2. The van der Waals surface area contributed by atoms with Crippen LogP contribution >= 0.6 is 0 Å². The zero-order valence-corrected chi connectivity index (χ0v) is 12.0. The number of rotatable bonds is 4. The van der Waals surface area contributed by atoms with Gasteiger partial charge in [-0.15, -0.1) is 0 Å². The Balaban J connectivity index is 1.92. The van der Waals surface area contributed by atoms with E-state index in [0.717, 1.165) is 0 Å². The Morgan fingerprint density at radius 3 is 2.71 bits per heavy atom. The van der Waals surface area contributed by atoms with Gasteiger partial charge in [0.2, 0.25) is 11.8 Å². The molecule has 1 unspecified atom stereocenters. The van der Waals surface area contributed by atoms with Crippen molar-refractivity contribution in [3.63, 3.8) is 0 Å².